The van der Waals surface area contributed by atoms with Crippen molar-refractivity contribution in [2.75, 3.05) is 25.4 Å². The van der Waals surface area contributed by atoms with Gasteiger partial charge in [0.15, 0.2) is 0 Å². The number of aromatic carboxylic acids is 1. The Morgan fingerprint density at radius 1 is 1.09 bits per heavy atom. The number of pyridine rings is 1. The van der Waals surface area contributed by atoms with Crippen molar-refractivity contribution in [2.45, 2.75) is 26.4 Å². The lowest BCUT2D eigenvalue weighted by Crippen LogP contribution is -2.26. The summed E-state index contributed by atoms with van der Waals surface area (Å²) in [7, 11) is 0. The second-order valence-electron chi connectivity index (χ2n) is 8.38. The van der Waals surface area contributed by atoms with Crippen LogP contribution in [0.2, 0.25) is 0 Å². The number of carboxylic acids is 1. The first kappa shape index (κ1) is 24.2. The van der Waals surface area contributed by atoms with Gasteiger partial charge in [0, 0.05) is 24.8 Å². The molecule has 0 saturated carbocycles. The van der Waals surface area contributed by atoms with Crippen molar-refractivity contribution in [1.82, 2.24) is 10.3 Å². The maximum Gasteiger partial charge on any atom is 0.335 e. The lowest BCUT2D eigenvalue weighted by Gasteiger charge is -2.13. The molecule has 0 fully saturated rings. The number of ether oxygens (including phenoxy) is 1. The summed E-state index contributed by atoms with van der Waals surface area (Å²) in [5, 5.41) is 22.8. The fraction of sp³-hybridized carbons (Fsp3) is 0.308. The Kier molecular flexibility index (Phi) is 8.40. The number of anilines is 1. The van der Waals surface area contributed by atoms with Gasteiger partial charge < -0.3 is 26.0 Å². The second kappa shape index (κ2) is 11.4. The predicted molar refractivity (Wildman–Crippen MR) is 129 cm³/mol. The van der Waals surface area contributed by atoms with Crippen LogP contribution < -0.4 is 15.8 Å². The summed E-state index contributed by atoms with van der Waals surface area (Å²) < 4.78 is 5.78. The smallest absolute Gasteiger partial charge is 0.335 e. The normalized spacial score (nSPS) is 12.0. The van der Waals surface area contributed by atoms with E-state index >= 15 is 0 Å². The topological polar surface area (TPSA) is 118 Å². The first-order valence-electron chi connectivity index (χ1n) is 11.0. The Balaban J connectivity index is 1.51. The number of nitrogen functional groups attached to an aromatic ring is 1. The van der Waals surface area contributed by atoms with Gasteiger partial charge in [-0.2, -0.15) is 0 Å². The molecular formula is C26H31N3O4. The first-order valence-corrected chi connectivity index (χ1v) is 11.0. The van der Waals surface area contributed by atoms with Crippen molar-refractivity contribution in [2.24, 2.45) is 5.92 Å². The van der Waals surface area contributed by atoms with Gasteiger partial charge in [0.1, 0.15) is 18.2 Å². The Labute approximate surface area is 194 Å². The summed E-state index contributed by atoms with van der Waals surface area (Å²) >= 11 is 0. The molecule has 0 aliphatic carbocycles. The molecule has 7 nitrogen and oxygen atoms in total. The minimum absolute atomic E-state index is 0.359. The van der Waals surface area contributed by atoms with Gasteiger partial charge >= 0.3 is 5.97 Å². The molecule has 0 aliphatic heterocycles. The molecule has 0 aliphatic rings. The summed E-state index contributed by atoms with van der Waals surface area (Å²) in [5.41, 5.74) is 9.46. The molecule has 0 radical (unpaired) electrons. The molecule has 2 aromatic carbocycles. The van der Waals surface area contributed by atoms with E-state index in [1.54, 1.807) is 24.4 Å². The van der Waals surface area contributed by atoms with Crippen LogP contribution in [0.1, 0.15) is 41.4 Å². The largest absolute Gasteiger partial charge is 0.492 e. The van der Waals surface area contributed by atoms with Gasteiger partial charge in [-0.05, 0) is 53.3 Å². The maximum absolute atomic E-state index is 11.5. The van der Waals surface area contributed by atoms with Crippen molar-refractivity contribution < 1.29 is 19.7 Å². The maximum atomic E-state index is 11.5. The number of hydrogen-bond acceptors (Lipinski definition) is 6. The number of aliphatic hydroxyl groups excluding tert-OH is 1. The van der Waals surface area contributed by atoms with Gasteiger partial charge in [-0.25, -0.2) is 9.78 Å². The summed E-state index contributed by atoms with van der Waals surface area (Å²) in [5.74, 6) is 0.638. The van der Waals surface area contributed by atoms with Crippen LogP contribution in [0.25, 0.3) is 11.1 Å². The highest BCUT2D eigenvalue weighted by Crippen LogP contribution is 2.26. The van der Waals surface area contributed by atoms with Gasteiger partial charge in [-0.15, -0.1) is 0 Å². The minimum Gasteiger partial charge on any atom is -0.492 e. The molecule has 5 N–H and O–H groups in total. The van der Waals surface area contributed by atoms with Crippen LogP contribution in [-0.4, -0.2) is 40.9 Å². The zero-order valence-corrected chi connectivity index (χ0v) is 19.0. The first-order chi connectivity index (χ1) is 15.8. The average Bonchev–Trinajstić information content (AvgIpc) is 2.79. The van der Waals surface area contributed by atoms with E-state index in [4.69, 9.17) is 10.5 Å². The number of rotatable bonds is 11. The fourth-order valence-electron chi connectivity index (χ4n) is 3.55. The van der Waals surface area contributed by atoms with Gasteiger partial charge in [-0.1, -0.05) is 44.2 Å². The average molecular weight is 450 g/mol. The number of aliphatic hydroxyl groups is 1. The standard InChI is InChI=1S/C26H31N3O4/c1-17(2)13-21-14-19(5-9-23(21)26(31)32)18-3-7-22(8-4-18)33-12-11-28-16-24(30)20-6-10-25(27)29-15-20/h3-10,14-15,17,24,28,30H,11-13,16H2,1-2H3,(H2,27,29)(H,31,32)/t24-/m0/s1. The number of aromatic nitrogens is 1. The second-order valence-corrected chi connectivity index (χ2v) is 8.38. The Hall–Kier alpha value is -3.42. The highest BCUT2D eigenvalue weighted by atomic mass is 16.5. The van der Waals surface area contributed by atoms with Crippen LogP contribution in [0, 0.1) is 5.92 Å². The monoisotopic (exact) mass is 449 g/mol. The van der Waals surface area contributed by atoms with Crippen LogP contribution in [0.4, 0.5) is 5.82 Å². The Bertz CT molecular complexity index is 1050. The lowest BCUT2D eigenvalue weighted by molar-refractivity contribution is 0.0695. The number of hydrogen-bond donors (Lipinski definition) is 4. The Morgan fingerprint density at radius 2 is 1.82 bits per heavy atom. The van der Waals surface area contributed by atoms with E-state index in [2.05, 4.69) is 24.1 Å². The van der Waals surface area contributed by atoms with Crippen molar-refractivity contribution in [3.05, 3.63) is 77.5 Å². The quantitative estimate of drug-likeness (QED) is 0.328. The predicted octanol–water partition coefficient (Wildman–Crippen LogP) is 3.93. The molecular weight excluding hydrogens is 418 g/mol. The third kappa shape index (κ3) is 7.03. The molecule has 7 heteroatoms. The van der Waals surface area contributed by atoms with E-state index in [9.17, 15) is 15.0 Å². The highest BCUT2D eigenvalue weighted by molar-refractivity contribution is 5.90. The summed E-state index contributed by atoms with van der Waals surface area (Å²) in [4.78, 5) is 15.5. The molecule has 0 amide bonds. The molecule has 1 heterocycles. The van der Waals surface area contributed by atoms with Gasteiger partial charge in [0.05, 0.1) is 11.7 Å². The molecule has 0 saturated heterocycles. The van der Waals surface area contributed by atoms with Crippen molar-refractivity contribution >= 4 is 11.8 Å². The van der Waals surface area contributed by atoms with Gasteiger partial charge in [0.25, 0.3) is 0 Å². The number of nitrogens with two attached hydrogens (primary N) is 1. The molecule has 174 valence electrons. The lowest BCUT2D eigenvalue weighted by atomic mass is 9.93. The summed E-state index contributed by atoms with van der Waals surface area (Å²) in [6.07, 6.45) is 1.62. The molecule has 0 unspecified atom stereocenters. The van der Waals surface area contributed by atoms with Crippen molar-refractivity contribution in [3.8, 4) is 16.9 Å². The van der Waals surface area contributed by atoms with Crippen LogP contribution in [0.3, 0.4) is 0 Å². The SMILES string of the molecule is CC(C)Cc1cc(-c2ccc(OCCNC[C@H](O)c3ccc(N)nc3)cc2)ccc1C(=O)O. The zero-order chi connectivity index (χ0) is 23.8. The number of nitrogens with one attached hydrogen (secondary N) is 1. The van der Waals surface area contributed by atoms with Crippen LogP contribution in [0.5, 0.6) is 5.75 Å². The van der Waals surface area contributed by atoms with Gasteiger partial charge in [-0.3, -0.25) is 0 Å². The van der Waals surface area contributed by atoms with Crippen molar-refractivity contribution in [3.63, 3.8) is 0 Å². The van der Waals surface area contributed by atoms with E-state index in [-0.39, 0.29) is 0 Å². The molecule has 3 aromatic rings. The van der Waals surface area contributed by atoms with E-state index in [0.29, 0.717) is 49.0 Å². The molecule has 1 atom stereocenters. The molecule has 3 rings (SSSR count). The highest BCUT2D eigenvalue weighted by Gasteiger charge is 2.13. The molecule has 33 heavy (non-hydrogen) atoms. The number of carbonyl (C=O) groups is 1. The fourth-order valence-corrected chi connectivity index (χ4v) is 3.55. The third-order valence-corrected chi connectivity index (χ3v) is 5.23. The van der Waals surface area contributed by atoms with Crippen LogP contribution >= 0.6 is 0 Å². The van der Waals surface area contributed by atoms with E-state index in [1.807, 2.05) is 36.4 Å². The van der Waals surface area contributed by atoms with E-state index < -0.39 is 12.1 Å². The summed E-state index contributed by atoms with van der Waals surface area (Å²) in [6, 6.07) is 16.6. The van der Waals surface area contributed by atoms with Crippen molar-refractivity contribution in [1.29, 1.82) is 0 Å². The third-order valence-electron chi connectivity index (χ3n) is 5.23. The van der Waals surface area contributed by atoms with Gasteiger partial charge in [0.2, 0.25) is 0 Å². The van der Waals surface area contributed by atoms with Crippen LogP contribution in [0.15, 0.2) is 60.8 Å². The van der Waals surface area contributed by atoms with E-state index in [1.165, 1.54) is 0 Å². The Morgan fingerprint density at radius 3 is 2.45 bits per heavy atom. The molecule has 0 bridgehead atoms. The number of carboxylic acid groups (broad SMARTS) is 1. The number of benzene rings is 2. The molecule has 0 spiro atoms. The minimum atomic E-state index is -0.896. The summed E-state index contributed by atoms with van der Waals surface area (Å²) in [6.45, 7) is 5.58. The number of nitrogens with zero attached hydrogens (tertiary/aromatic N) is 1. The zero-order valence-electron chi connectivity index (χ0n) is 19.0. The van der Waals surface area contributed by atoms with Crippen LogP contribution in [-0.2, 0) is 6.42 Å². The van der Waals surface area contributed by atoms with E-state index in [0.717, 1.165) is 22.4 Å². The molecule has 1 aromatic heterocycles.